The summed E-state index contributed by atoms with van der Waals surface area (Å²) in [6, 6.07) is 0. The van der Waals surface area contributed by atoms with Gasteiger partial charge in [-0.2, -0.15) is 0 Å². The van der Waals surface area contributed by atoms with E-state index in [0.29, 0.717) is 41.8 Å². The van der Waals surface area contributed by atoms with Gasteiger partial charge in [0, 0.05) is 42.8 Å². The number of carbonyl (C=O) groups excluding carboxylic acids is 2. The summed E-state index contributed by atoms with van der Waals surface area (Å²) in [5.41, 5.74) is 1.83. The van der Waals surface area contributed by atoms with Crippen molar-refractivity contribution in [3.05, 3.63) is 11.1 Å². The van der Waals surface area contributed by atoms with Crippen LogP contribution in [0.25, 0.3) is 0 Å². The molecule has 0 aromatic carbocycles. The second-order valence-corrected chi connectivity index (χ2v) is 20.8. The number of carbonyl (C=O) groups is 3. The Kier molecular flexibility index (Phi) is 11.0. The first-order chi connectivity index (χ1) is 24.2. The third-order valence-corrected chi connectivity index (χ3v) is 16.1. The van der Waals surface area contributed by atoms with Gasteiger partial charge in [-0.3, -0.25) is 14.4 Å². The van der Waals surface area contributed by atoms with E-state index >= 15 is 0 Å². The highest BCUT2D eigenvalue weighted by molar-refractivity contribution is 6.00. The number of hydrogen-bond acceptors (Lipinski definition) is 7. The second-order valence-electron chi connectivity index (χ2n) is 20.8. The number of aliphatic carboxylic acids is 1. The monoisotopic (exact) mass is 725 g/mol. The number of hydrogen-bond donors (Lipinski definition) is 1. The predicted molar refractivity (Wildman–Crippen MR) is 205 cm³/mol. The molecule has 1 aliphatic heterocycles. The first kappa shape index (κ1) is 39.9. The average molecular weight is 725 g/mol. The number of Topliss-reactive ketones (excluding diaryl/α,β-unsaturated/α-hetero) is 1. The van der Waals surface area contributed by atoms with Crippen LogP contribution in [0.3, 0.4) is 0 Å². The molecule has 8 nitrogen and oxygen atoms in total. The summed E-state index contributed by atoms with van der Waals surface area (Å²) in [4.78, 5) is 43.9. The summed E-state index contributed by atoms with van der Waals surface area (Å²) in [6.45, 7) is 23.5. The van der Waals surface area contributed by atoms with E-state index in [2.05, 4.69) is 65.4 Å². The third-order valence-electron chi connectivity index (χ3n) is 16.1. The quantitative estimate of drug-likeness (QED) is 0.192. The van der Waals surface area contributed by atoms with E-state index in [-0.39, 0.29) is 46.1 Å². The molecule has 0 bridgehead atoms. The maximum atomic E-state index is 14.1. The van der Waals surface area contributed by atoms with Crippen molar-refractivity contribution in [3.63, 3.8) is 0 Å². The van der Waals surface area contributed by atoms with Gasteiger partial charge in [-0.25, -0.2) is 0 Å². The minimum Gasteiger partial charge on any atom is -0.481 e. The lowest BCUT2D eigenvalue weighted by Gasteiger charge is -2.69. The van der Waals surface area contributed by atoms with Crippen LogP contribution in [0.15, 0.2) is 11.1 Å². The number of ether oxygens (including phenoxy) is 2. The van der Waals surface area contributed by atoms with Gasteiger partial charge < -0.3 is 24.4 Å². The second kappa shape index (κ2) is 14.4. The number of nitrogens with zero attached hydrogens (tertiary/aromatic N) is 2. The molecule has 0 radical (unpaired) electrons. The van der Waals surface area contributed by atoms with Crippen molar-refractivity contribution in [2.75, 3.05) is 53.5 Å². The Morgan fingerprint density at radius 3 is 2.23 bits per heavy atom. The number of allylic oxidation sites excluding steroid dienone is 2. The van der Waals surface area contributed by atoms with E-state index < -0.39 is 11.4 Å². The number of esters is 1. The van der Waals surface area contributed by atoms with Gasteiger partial charge in [-0.1, -0.05) is 47.1 Å². The molecule has 8 atom stereocenters. The van der Waals surface area contributed by atoms with Crippen LogP contribution >= 0.6 is 0 Å². The maximum Gasteiger partial charge on any atom is 0.309 e. The summed E-state index contributed by atoms with van der Waals surface area (Å²) in [6.07, 6.45) is 10.4. The van der Waals surface area contributed by atoms with Crippen LogP contribution in [0.1, 0.15) is 126 Å². The Labute approximate surface area is 315 Å². The Balaban J connectivity index is 1.22. The van der Waals surface area contributed by atoms with Gasteiger partial charge in [0.1, 0.15) is 6.10 Å². The van der Waals surface area contributed by atoms with Crippen molar-refractivity contribution in [2.45, 2.75) is 132 Å². The average Bonchev–Trinajstić information content (AvgIpc) is 3.33. The summed E-state index contributed by atoms with van der Waals surface area (Å²) < 4.78 is 11.7. The zero-order chi connectivity index (χ0) is 38.0. The maximum absolute atomic E-state index is 14.1. The molecule has 0 aromatic heterocycles. The SMILES string of the molecule is CC(C)C1=C2C3CCC4C(C)(CCC5C(C)(C)C(OC(=O)CC(C)(C)C(=O)O)CCC54C)C3CCC2(CCN(CCN(C)C)CC2COC2)CC1=O. The molecule has 0 amide bonds. The van der Waals surface area contributed by atoms with E-state index in [1.807, 2.05) is 0 Å². The largest absolute Gasteiger partial charge is 0.481 e. The molecule has 5 fully saturated rings. The van der Waals surface area contributed by atoms with Crippen molar-refractivity contribution in [3.8, 4) is 0 Å². The van der Waals surface area contributed by atoms with E-state index in [1.165, 1.54) is 31.3 Å². The molecule has 1 saturated heterocycles. The number of carboxylic acids is 1. The van der Waals surface area contributed by atoms with Gasteiger partial charge in [0.05, 0.1) is 25.0 Å². The Morgan fingerprint density at radius 2 is 1.62 bits per heavy atom. The molecule has 4 saturated carbocycles. The molecule has 8 heteroatoms. The Morgan fingerprint density at radius 1 is 0.923 bits per heavy atom. The smallest absolute Gasteiger partial charge is 0.309 e. The first-order valence-corrected chi connectivity index (χ1v) is 20.9. The molecular weight excluding hydrogens is 652 g/mol. The zero-order valence-corrected chi connectivity index (χ0v) is 34.4. The third kappa shape index (κ3) is 6.97. The normalized spacial score (nSPS) is 37.4. The molecule has 6 aliphatic rings. The van der Waals surface area contributed by atoms with Crippen LogP contribution in [0.2, 0.25) is 0 Å². The molecular formula is C44H72N2O6. The standard InChI is InChI=1S/C44H72N2O6/c1-28(2)37-32(47)23-44(19-20-46(22-21-45(9)10)25-29-26-51-27-29)18-13-31-30(38(37)44)11-12-34-42(31,7)16-14-33-41(5,6)35(15-17-43(33,34)8)52-36(48)24-40(3,4)39(49)50/h28-31,33-35H,11-27H2,1-10H3,(H,49,50). The zero-order valence-electron chi connectivity index (χ0n) is 34.4. The number of carboxylic acid groups (broad SMARTS) is 1. The van der Waals surface area contributed by atoms with Crippen molar-refractivity contribution in [1.29, 1.82) is 0 Å². The summed E-state index contributed by atoms with van der Waals surface area (Å²) in [7, 11) is 4.32. The van der Waals surface area contributed by atoms with Crippen LogP contribution in [-0.4, -0.2) is 92.2 Å². The number of likely N-dealkylation sites (N-methyl/N-ethyl adjacent to an activating group) is 1. The molecule has 294 valence electrons. The minimum atomic E-state index is -1.14. The molecule has 0 spiro atoms. The highest BCUT2D eigenvalue weighted by Gasteiger charge is 2.66. The van der Waals surface area contributed by atoms with E-state index in [0.717, 1.165) is 71.5 Å². The van der Waals surface area contributed by atoms with Gasteiger partial charge in [-0.05, 0) is 138 Å². The lowest BCUT2D eigenvalue weighted by Crippen LogP contribution is -2.63. The Hall–Kier alpha value is -1.77. The van der Waals surface area contributed by atoms with Crippen molar-refractivity contribution in [2.24, 2.45) is 62.6 Å². The van der Waals surface area contributed by atoms with E-state index in [4.69, 9.17) is 9.47 Å². The van der Waals surface area contributed by atoms with Gasteiger partial charge in [-0.15, -0.1) is 0 Å². The van der Waals surface area contributed by atoms with Gasteiger partial charge in [0.15, 0.2) is 5.78 Å². The molecule has 0 aromatic rings. The summed E-state index contributed by atoms with van der Waals surface area (Å²) >= 11 is 0. The molecule has 52 heavy (non-hydrogen) atoms. The fourth-order valence-corrected chi connectivity index (χ4v) is 13.3. The van der Waals surface area contributed by atoms with Crippen LogP contribution in [0, 0.1) is 62.6 Å². The molecule has 1 N–H and O–H groups in total. The van der Waals surface area contributed by atoms with E-state index in [9.17, 15) is 19.5 Å². The highest BCUT2D eigenvalue weighted by Crippen LogP contribution is 2.73. The van der Waals surface area contributed by atoms with Gasteiger partial charge >= 0.3 is 11.9 Å². The lowest BCUT2D eigenvalue weighted by molar-refractivity contribution is -0.214. The highest BCUT2D eigenvalue weighted by atomic mass is 16.5. The van der Waals surface area contributed by atoms with E-state index in [1.54, 1.807) is 19.4 Å². The predicted octanol–water partition coefficient (Wildman–Crippen LogP) is 7.89. The Bertz CT molecular complexity index is 1410. The summed E-state index contributed by atoms with van der Waals surface area (Å²) in [5.74, 6) is 2.09. The molecule has 5 aliphatic carbocycles. The molecule has 8 unspecified atom stereocenters. The summed E-state index contributed by atoms with van der Waals surface area (Å²) in [5, 5.41) is 9.61. The van der Waals surface area contributed by atoms with Crippen LogP contribution < -0.4 is 0 Å². The van der Waals surface area contributed by atoms with Gasteiger partial charge in [0.2, 0.25) is 0 Å². The van der Waals surface area contributed by atoms with Crippen molar-refractivity contribution < 1.29 is 29.0 Å². The number of fused-ring (bicyclic) bond motifs is 7. The molecule has 6 rings (SSSR count). The fraction of sp³-hybridized carbons (Fsp3) is 0.886. The van der Waals surface area contributed by atoms with Crippen LogP contribution in [-0.2, 0) is 23.9 Å². The number of ketones is 1. The lowest BCUT2D eigenvalue weighted by atomic mass is 9.36. The first-order valence-electron chi connectivity index (χ1n) is 20.9. The van der Waals surface area contributed by atoms with Crippen LogP contribution in [0.4, 0.5) is 0 Å². The fourth-order valence-electron chi connectivity index (χ4n) is 13.3. The molecule has 1 heterocycles. The number of rotatable bonds is 13. The van der Waals surface area contributed by atoms with Crippen molar-refractivity contribution >= 4 is 17.7 Å². The van der Waals surface area contributed by atoms with Crippen molar-refractivity contribution in [1.82, 2.24) is 9.80 Å². The van der Waals surface area contributed by atoms with Gasteiger partial charge in [0.25, 0.3) is 0 Å². The topological polar surface area (TPSA) is 96.4 Å². The minimum absolute atomic E-state index is 0.00770. The van der Waals surface area contributed by atoms with Crippen LogP contribution in [0.5, 0.6) is 0 Å².